The quantitative estimate of drug-likeness (QED) is 0.788. The molecule has 1 aromatic rings. The van der Waals surface area contributed by atoms with Gasteiger partial charge in [0.1, 0.15) is 11.8 Å². The summed E-state index contributed by atoms with van der Waals surface area (Å²) in [7, 11) is 2.98. The molecule has 1 aliphatic carbocycles. The standard InChI is InChI=1S/C20H27NO4/c1-12(2)18(20(23)25-5)21-19(22)13(3)14-6-7-16-11-17(24-4)9-8-15(16)10-14/h7-14,18H,6H2,1-5H3,(H,21,22). The Kier molecular flexibility index (Phi) is 6.23. The van der Waals surface area contributed by atoms with Crippen LogP contribution in [0.4, 0.5) is 0 Å². The summed E-state index contributed by atoms with van der Waals surface area (Å²) in [5.41, 5.74) is 0. The van der Waals surface area contributed by atoms with Gasteiger partial charge in [-0.3, -0.25) is 4.79 Å². The highest BCUT2D eigenvalue weighted by Gasteiger charge is 2.29. The maximum Gasteiger partial charge on any atom is 0.328 e. The SMILES string of the molecule is COC(=O)C(NC(=O)C(C)C1C=c2ccc(OC)cc2=CC1)C(C)C. The molecule has 0 saturated heterocycles. The molecule has 1 amide bonds. The van der Waals surface area contributed by atoms with Crippen molar-refractivity contribution in [2.45, 2.75) is 33.2 Å². The molecule has 5 heteroatoms. The van der Waals surface area contributed by atoms with Crippen LogP contribution >= 0.6 is 0 Å². The maximum absolute atomic E-state index is 12.6. The van der Waals surface area contributed by atoms with Crippen LogP contribution < -0.4 is 20.5 Å². The third kappa shape index (κ3) is 4.41. The normalized spacial score (nSPS) is 18.2. The van der Waals surface area contributed by atoms with E-state index in [0.717, 1.165) is 22.6 Å². The average molecular weight is 345 g/mol. The fraction of sp³-hybridized carbons (Fsp3) is 0.500. The Balaban J connectivity index is 2.14. The lowest BCUT2D eigenvalue weighted by Gasteiger charge is -2.25. The highest BCUT2D eigenvalue weighted by molar-refractivity contribution is 5.86. The van der Waals surface area contributed by atoms with Crippen LogP contribution in [0.25, 0.3) is 12.2 Å². The minimum Gasteiger partial charge on any atom is -0.497 e. The summed E-state index contributed by atoms with van der Waals surface area (Å²) in [6, 6.07) is 5.30. The maximum atomic E-state index is 12.6. The molecule has 25 heavy (non-hydrogen) atoms. The highest BCUT2D eigenvalue weighted by Crippen LogP contribution is 2.21. The topological polar surface area (TPSA) is 64.6 Å². The van der Waals surface area contributed by atoms with E-state index in [2.05, 4.69) is 17.5 Å². The number of amides is 1. The zero-order chi connectivity index (χ0) is 18.6. The van der Waals surface area contributed by atoms with E-state index in [1.807, 2.05) is 39.0 Å². The lowest BCUT2D eigenvalue weighted by Crippen LogP contribution is -2.48. The summed E-state index contributed by atoms with van der Waals surface area (Å²) in [5.74, 6) is 0.107. The van der Waals surface area contributed by atoms with Crippen molar-refractivity contribution in [2.75, 3.05) is 14.2 Å². The third-order valence-electron chi connectivity index (χ3n) is 4.77. The molecule has 0 radical (unpaired) electrons. The van der Waals surface area contributed by atoms with Gasteiger partial charge in [0.25, 0.3) is 0 Å². The second-order valence-corrected chi connectivity index (χ2v) is 6.81. The Bertz CT molecular complexity index is 753. The predicted octanol–water partition coefficient (Wildman–Crippen LogP) is 1.23. The zero-order valence-electron chi connectivity index (χ0n) is 15.5. The van der Waals surface area contributed by atoms with Crippen molar-refractivity contribution in [2.24, 2.45) is 17.8 Å². The molecule has 1 aromatic carbocycles. The van der Waals surface area contributed by atoms with Crippen LogP contribution in [0.1, 0.15) is 27.2 Å². The van der Waals surface area contributed by atoms with Crippen LogP contribution in [0.5, 0.6) is 5.75 Å². The van der Waals surface area contributed by atoms with Crippen molar-refractivity contribution in [1.82, 2.24) is 5.32 Å². The number of esters is 1. The van der Waals surface area contributed by atoms with E-state index in [4.69, 9.17) is 9.47 Å². The van der Waals surface area contributed by atoms with E-state index in [9.17, 15) is 9.59 Å². The van der Waals surface area contributed by atoms with Crippen LogP contribution in [-0.2, 0) is 14.3 Å². The molecule has 0 aromatic heterocycles. The van der Waals surface area contributed by atoms with Crippen LogP contribution in [0.2, 0.25) is 0 Å². The molecule has 0 aliphatic heterocycles. The van der Waals surface area contributed by atoms with E-state index in [1.54, 1.807) is 7.11 Å². The number of benzene rings is 1. The minimum absolute atomic E-state index is 0.0290. The number of ether oxygens (including phenoxy) is 2. The van der Waals surface area contributed by atoms with Gasteiger partial charge in [0.15, 0.2) is 0 Å². The summed E-state index contributed by atoms with van der Waals surface area (Å²) < 4.78 is 10.0. The number of carbonyl (C=O) groups excluding carboxylic acids is 2. The molecular weight excluding hydrogens is 318 g/mol. The zero-order valence-corrected chi connectivity index (χ0v) is 15.5. The van der Waals surface area contributed by atoms with Gasteiger partial charge in [0.05, 0.1) is 14.2 Å². The van der Waals surface area contributed by atoms with E-state index >= 15 is 0 Å². The van der Waals surface area contributed by atoms with Gasteiger partial charge < -0.3 is 14.8 Å². The van der Waals surface area contributed by atoms with E-state index in [-0.39, 0.29) is 23.7 Å². The van der Waals surface area contributed by atoms with Crippen molar-refractivity contribution >= 4 is 24.0 Å². The summed E-state index contributed by atoms with van der Waals surface area (Å²) in [5, 5.41) is 5.06. The number of hydrogen-bond donors (Lipinski definition) is 1. The van der Waals surface area contributed by atoms with Crippen LogP contribution in [0.15, 0.2) is 18.2 Å². The van der Waals surface area contributed by atoms with Gasteiger partial charge in [-0.15, -0.1) is 0 Å². The second-order valence-electron chi connectivity index (χ2n) is 6.81. The highest BCUT2D eigenvalue weighted by atomic mass is 16.5. The third-order valence-corrected chi connectivity index (χ3v) is 4.77. The molecule has 0 bridgehead atoms. The smallest absolute Gasteiger partial charge is 0.328 e. The molecule has 5 nitrogen and oxygen atoms in total. The van der Waals surface area contributed by atoms with Crippen molar-refractivity contribution in [3.8, 4) is 5.75 Å². The van der Waals surface area contributed by atoms with Gasteiger partial charge in [0.2, 0.25) is 5.91 Å². The van der Waals surface area contributed by atoms with E-state index < -0.39 is 12.0 Å². The van der Waals surface area contributed by atoms with Crippen molar-refractivity contribution in [3.63, 3.8) is 0 Å². The Morgan fingerprint density at radius 3 is 2.48 bits per heavy atom. The average Bonchev–Trinajstić information content (AvgIpc) is 2.63. The Morgan fingerprint density at radius 1 is 1.16 bits per heavy atom. The fourth-order valence-electron chi connectivity index (χ4n) is 3.02. The van der Waals surface area contributed by atoms with Gasteiger partial charge in [-0.05, 0) is 40.8 Å². The second kappa shape index (κ2) is 8.19. The van der Waals surface area contributed by atoms with Crippen LogP contribution in [-0.4, -0.2) is 32.1 Å². The molecule has 136 valence electrons. The Labute approximate surface area is 148 Å². The molecule has 0 spiro atoms. The monoisotopic (exact) mass is 345 g/mol. The van der Waals surface area contributed by atoms with E-state index in [0.29, 0.717) is 0 Å². The number of fused-ring (bicyclic) bond motifs is 1. The lowest BCUT2D eigenvalue weighted by atomic mass is 9.86. The molecule has 2 rings (SSSR count). The number of hydrogen-bond acceptors (Lipinski definition) is 4. The van der Waals surface area contributed by atoms with Crippen LogP contribution in [0.3, 0.4) is 0 Å². The number of carbonyl (C=O) groups is 2. The number of nitrogens with one attached hydrogen (secondary N) is 1. The molecule has 0 saturated carbocycles. The van der Waals surface area contributed by atoms with Crippen molar-refractivity contribution in [1.29, 1.82) is 0 Å². The largest absolute Gasteiger partial charge is 0.497 e. The Hall–Kier alpha value is -2.30. The minimum atomic E-state index is -0.621. The molecule has 3 atom stereocenters. The fourth-order valence-corrected chi connectivity index (χ4v) is 3.02. The first-order chi connectivity index (χ1) is 11.9. The summed E-state index contributed by atoms with van der Waals surface area (Å²) in [4.78, 5) is 24.5. The van der Waals surface area contributed by atoms with Gasteiger partial charge in [-0.25, -0.2) is 4.79 Å². The van der Waals surface area contributed by atoms with Gasteiger partial charge in [-0.2, -0.15) is 0 Å². The predicted molar refractivity (Wildman–Crippen MR) is 97.2 cm³/mol. The molecule has 1 N–H and O–H groups in total. The molecule has 0 heterocycles. The van der Waals surface area contributed by atoms with Gasteiger partial charge >= 0.3 is 5.97 Å². The molecule has 1 aliphatic rings. The molecule has 3 unspecified atom stereocenters. The summed E-state index contributed by atoms with van der Waals surface area (Å²) in [6.07, 6.45) is 5.04. The summed E-state index contributed by atoms with van der Waals surface area (Å²) >= 11 is 0. The number of rotatable bonds is 6. The van der Waals surface area contributed by atoms with Crippen molar-refractivity contribution < 1.29 is 19.1 Å². The first-order valence-corrected chi connectivity index (χ1v) is 8.61. The molecular formula is C20H27NO4. The lowest BCUT2D eigenvalue weighted by molar-refractivity contribution is -0.147. The van der Waals surface area contributed by atoms with E-state index in [1.165, 1.54) is 7.11 Å². The first-order valence-electron chi connectivity index (χ1n) is 8.61. The summed E-state index contributed by atoms with van der Waals surface area (Å²) in [6.45, 7) is 5.67. The van der Waals surface area contributed by atoms with Crippen LogP contribution in [0, 0.1) is 17.8 Å². The van der Waals surface area contributed by atoms with Crippen molar-refractivity contribution in [3.05, 3.63) is 28.6 Å². The number of methoxy groups -OCH3 is 2. The Morgan fingerprint density at radius 2 is 1.88 bits per heavy atom. The molecule has 0 fully saturated rings. The van der Waals surface area contributed by atoms with Gasteiger partial charge in [0, 0.05) is 5.92 Å². The first kappa shape index (κ1) is 19.0. The van der Waals surface area contributed by atoms with Gasteiger partial charge in [-0.1, -0.05) is 39.0 Å².